The Morgan fingerprint density at radius 3 is 1.62 bits per heavy atom. The molecule has 0 rings (SSSR count). The molecule has 0 aliphatic rings. The average Bonchev–Trinajstić information content (AvgIpc) is 2.16. The Morgan fingerprint density at radius 1 is 1.23 bits per heavy atom. The zero-order valence-corrected chi connectivity index (χ0v) is 10.8. The van der Waals surface area contributed by atoms with Crippen molar-refractivity contribution in [2.45, 2.75) is 20.8 Å². The van der Waals surface area contributed by atoms with Gasteiger partial charge in [-0.1, -0.05) is 5.40 Å². The Kier molecular flexibility index (Phi) is 12.2. The molecule has 0 heterocycles. The lowest BCUT2D eigenvalue weighted by Gasteiger charge is -2.21. The fraction of sp³-hybridized carbons (Fsp3) is 0.889. The molecule has 0 amide bonds. The van der Waals surface area contributed by atoms with Gasteiger partial charge in [0.1, 0.15) is 0 Å². The van der Waals surface area contributed by atoms with Crippen molar-refractivity contribution in [1.82, 2.24) is 0 Å². The molecule has 0 aliphatic carbocycles. The van der Waals surface area contributed by atoms with Crippen molar-refractivity contribution in [2.75, 3.05) is 31.9 Å². The van der Waals surface area contributed by atoms with Gasteiger partial charge in [-0.3, -0.25) is 0 Å². The number of methoxy groups -OCH3 is 1. The van der Waals surface area contributed by atoms with Crippen LogP contribution in [0.3, 0.4) is 0 Å². The third-order valence-electron chi connectivity index (χ3n) is 2.42. The summed E-state index contributed by atoms with van der Waals surface area (Å²) >= 11 is 3.70. The first kappa shape index (κ1) is 15.6. The lowest BCUT2D eigenvalue weighted by atomic mass is 10.9. The minimum atomic E-state index is -0.661. The summed E-state index contributed by atoms with van der Waals surface area (Å²) in [7, 11) is 1.15. The zero-order valence-electron chi connectivity index (χ0n) is 9.04. The molecule has 78 valence electrons. The maximum atomic E-state index is 7.13. The van der Waals surface area contributed by atoms with Crippen molar-refractivity contribution in [3.8, 4) is 5.40 Å². The normalized spacial score (nSPS) is 9.77. The summed E-state index contributed by atoms with van der Waals surface area (Å²) in [6, 6.07) is 0. The van der Waals surface area contributed by atoms with E-state index in [1.54, 1.807) is 0 Å². The number of ether oxygens (including phenoxy) is 1. The van der Waals surface area contributed by atoms with Crippen LogP contribution in [0.4, 0.5) is 0 Å². The SMILES string of the molecule is CC[P+](CC)(CC)COC.N#C[S-]. The molecule has 0 saturated carbocycles. The molecule has 0 bridgehead atoms. The molecule has 0 radical (unpaired) electrons. The second kappa shape index (κ2) is 10.2. The van der Waals surface area contributed by atoms with Crippen LogP contribution >= 0.6 is 7.26 Å². The third-order valence-corrected chi connectivity index (χ3v) is 7.25. The van der Waals surface area contributed by atoms with Crippen molar-refractivity contribution >= 4 is 19.9 Å². The molecule has 0 fully saturated rings. The first-order valence-corrected chi connectivity index (χ1v) is 7.45. The highest BCUT2D eigenvalue weighted by atomic mass is 32.1. The van der Waals surface area contributed by atoms with Crippen molar-refractivity contribution in [2.24, 2.45) is 0 Å². The predicted octanol–water partition coefficient (Wildman–Crippen LogP) is 2.68. The number of rotatable bonds is 5. The van der Waals surface area contributed by atoms with Crippen LogP contribution in [0.5, 0.6) is 0 Å². The van der Waals surface area contributed by atoms with E-state index in [-0.39, 0.29) is 0 Å². The second-order valence-corrected chi connectivity index (χ2v) is 7.82. The molecule has 0 N–H and O–H groups in total. The van der Waals surface area contributed by atoms with Gasteiger partial charge in [0.25, 0.3) is 0 Å². The van der Waals surface area contributed by atoms with E-state index in [4.69, 9.17) is 10.00 Å². The molecular formula is C9H20NOPS. The largest absolute Gasteiger partial charge is 0.696 e. The van der Waals surface area contributed by atoms with Crippen LogP contribution in [0.2, 0.25) is 0 Å². The summed E-state index contributed by atoms with van der Waals surface area (Å²) in [6.07, 6.45) is 5.05. The Balaban J connectivity index is 0. The van der Waals surface area contributed by atoms with Gasteiger partial charge in [-0.15, -0.1) is 0 Å². The van der Waals surface area contributed by atoms with Crippen LogP contribution < -0.4 is 0 Å². The highest BCUT2D eigenvalue weighted by Crippen LogP contribution is 2.57. The molecule has 0 aromatic heterocycles. The molecule has 0 unspecified atom stereocenters. The predicted molar refractivity (Wildman–Crippen MR) is 63.4 cm³/mol. The molecule has 0 aromatic carbocycles. The number of nitriles is 1. The van der Waals surface area contributed by atoms with Crippen molar-refractivity contribution in [1.29, 1.82) is 5.26 Å². The fourth-order valence-electron chi connectivity index (χ4n) is 1.22. The molecular weight excluding hydrogens is 201 g/mol. The molecule has 0 aromatic rings. The smallest absolute Gasteiger partial charge is 0.156 e. The Bertz CT molecular complexity index is 135. The van der Waals surface area contributed by atoms with Crippen LogP contribution in [-0.4, -0.2) is 31.9 Å². The quantitative estimate of drug-likeness (QED) is 0.406. The zero-order chi connectivity index (χ0) is 10.7. The second-order valence-electron chi connectivity index (χ2n) is 2.80. The lowest BCUT2D eigenvalue weighted by molar-refractivity contribution is 0.252. The topological polar surface area (TPSA) is 33.0 Å². The van der Waals surface area contributed by atoms with Gasteiger partial charge in [-0.05, 0) is 20.8 Å². The van der Waals surface area contributed by atoms with Crippen molar-refractivity contribution in [3.05, 3.63) is 0 Å². The summed E-state index contributed by atoms with van der Waals surface area (Å²) in [5.41, 5.74) is 0. The number of nitrogens with zero attached hydrogens (tertiary/aromatic N) is 1. The Hall–Kier alpha value is 0.100. The van der Waals surface area contributed by atoms with E-state index >= 15 is 0 Å². The van der Waals surface area contributed by atoms with Crippen molar-refractivity contribution in [3.63, 3.8) is 0 Å². The molecule has 0 atom stereocenters. The minimum Gasteiger partial charge on any atom is -0.696 e. The average molecular weight is 221 g/mol. The summed E-state index contributed by atoms with van der Waals surface area (Å²) in [4.78, 5) is 0. The van der Waals surface area contributed by atoms with Gasteiger partial charge in [0, 0.05) is 14.4 Å². The summed E-state index contributed by atoms with van der Waals surface area (Å²) < 4.78 is 5.23. The minimum absolute atomic E-state index is 0.661. The van der Waals surface area contributed by atoms with Crippen LogP contribution in [-0.2, 0) is 17.4 Å². The van der Waals surface area contributed by atoms with Gasteiger partial charge in [-0.25, -0.2) is 5.26 Å². The summed E-state index contributed by atoms with van der Waals surface area (Å²) in [5, 5.41) is 8.47. The highest BCUT2D eigenvalue weighted by molar-refractivity contribution is 7.75. The van der Waals surface area contributed by atoms with E-state index in [1.807, 2.05) is 7.11 Å². The van der Waals surface area contributed by atoms with E-state index in [9.17, 15) is 0 Å². The van der Waals surface area contributed by atoms with Gasteiger partial charge in [-0.2, -0.15) is 0 Å². The number of hydrogen-bond acceptors (Lipinski definition) is 3. The molecule has 0 aliphatic heterocycles. The van der Waals surface area contributed by atoms with Crippen LogP contribution in [0.25, 0.3) is 0 Å². The number of thiocyanates is 1. The van der Waals surface area contributed by atoms with Gasteiger partial charge >= 0.3 is 0 Å². The molecule has 0 spiro atoms. The summed E-state index contributed by atoms with van der Waals surface area (Å²) in [5.74, 6) is 0. The fourth-order valence-corrected chi connectivity index (χ4v) is 3.66. The maximum absolute atomic E-state index is 7.13. The van der Waals surface area contributed by atoms with E-state index < -0.39 is 7.26 Å². The van der Waals surface area contributed by atoms with E-state index in [1.165, 1.54) is 23.9 Å². The highest BCUT2D eigenvalue weighted by Gasteiger charge is 2.30. The van der Waals surface area contributed by atoms with E-state index in [0.29, 0.717) is 0 Å². The third kappa shape index (κ3) is 7.19. The van der Waals surface area contributed by atoms with Crippen LogP contribution in [0.1, 0.15) is 20.8 Å². The lowest BCUT2D eigenvalue weighted by Crippen LogP contribution is -2.08. The maximum Gasteiger partial charge on any atom is 0.156 e. The Morgan fingerprint density at radius 2 is 1.54 bits per heavy atom. The summed E-state index contributed by atoms with van der Waals surface area (Å²) in [6.45, 7) is 6.87. The van der Waals surface area contributed by atoms with Gasteiger partial charge in [0.15, 0.2) is 6.35 Å². The molecule has 4 heteroatoms. The first-order valence-electron chi connectivity index (χ1n) is 4.51. The van der Waals surface area contributed by atoms with Gasteiger partial charge < -0.3 is 17.4 Å². The Labute approximate surface area is 88.4 Å². The van der Waals surface area contributed by atoms with Gasteiger partial charge in [0.2, 0.25) is 0 Å². The van der Waals surface area contributed by atoms with E-state index in [2.05, 4.69) is 33.4 Å². The monoisotopic (exact) mass is 221 g/mol. The van der Waals surface area contributed by atoms with Gasteiger partial charge in [0.05, 0.1) is 18.5 Å². The standard InChI is InChI=1S/C8H20OP.CHNS/c1-5-10(6-2,7-3)8-9-4;2-1-3/h5-8H2,1-4H3;3H/q+1;/p-1. The van der Waals surface area contributed by atoms with E-state index in [0.717, 1.165) is 6.35 Å². The van der Waals surface area contributed by atoms with Crippen LogP contribution in [0.15, 0.2) is 0 Å². The molecule has 0 saturated heterocycles. The number of hydrogen-bond donors (Lipinski definition) is 0. The molecule has 2 nitrogen and oxygen atoms in total. The molecule has 13 heavy (non-hydrogen) atoms. The van der Waals surface area contributed by atoms with Crippen molar-refractivity contribution < 1.29 is 4.74 Å². The first-order chi connectivity index (χ1) is 6.16. The van der Waals surface area contributed by atoms with Crippen LogP contribution in [0, 0.1) is 10.7 Å².